The van der Waals surface area contributed by atoms with Gasteiger partial charge in [0.05, 0.1) is 6.10 Å². The lowest BCUT2D eigenvalue weighted by atomic mass is 9.96. The van der Waals surface area contributed by atoms with Crippen LogP contribution >= 0.6 is 0 Å². The van der Waals surface area contributed by atoms with Crippen LogP contribution in [-0.4, -0.2) is 18.8 Å². The molecule has 0 aromatic carbocycles. The summed E-state index contributed by atoms with van der Waals surface area (Å²) in [7, 11) is 0. The zero-order valence-corrected chi connectivity index (χ0v) is 7.60. The molecule has 0 radical (unpaired) electrons. The summed E-state index contributed by atoms with van der Waals surface area (Å²) in [6.45, 7) is 4.98. The van der Waals surface area contributed by atoms with Crippen LogP contribution < -0.4 is 0 Å². The fourth-order valence-corrected chi connectivity index (χ4v) is 1.45. The largest absolute Gasteiger partial charge is 0.378 e. The van der Waals surface area contributed by atoms with Crippen molar-refractivity contribution in [3.8, 4) is 0 Å². The molecule has 0 aliphatic carbocycles. The minimum absolute atomic E-state index is 0.149. The maximum absolute atomic E-state index is 8.26. The van der Waals surface area contributed by atoms with Crippen molar-refractivity contribution in [1.82, 2.24) is 0 Å². The molecule has 4 heteroatoms. The lowest BCUT2D eigenvalue weighted by molar-refractivity contribution is -0.0187. The Morgan fingerprint density at radius 3 is 2.92 bits per heavy atom. The lowest BCUT2D eigenvalue weighted by Crippen LogP contribution is -2.31. The van der Waals surface area contributed by atoms with Crippen LogP contribution in [0.15, 0.2) is 5.11 Å². The van der Waals surface area contributed by atoms with Crippen LogP contribution in [0.2, 0.25) is 0 Å². The van der Waals surface area contributed by atoms with Gasteiger partial charge in [0, 0.05) is 17.6 Å². The molecular weight excluding hydrogens is 154 g/mol. The van der Waals surface area contributed by atoms with Gasteiger partial charge in [-0.25, -0.2) is 0 Å². The molecule has 0 saturated carbocycles. The van der Waals surface area contributed by atoms with E-state index in [4.69, 9.17) is 10.3 Å². The summed E-state index contributed by atoms with van der Waals surface area (Å²) < 4.78 is 5.53. The Morgan fingerprint density at radius 2 is 2.33 bits per heavy atom. The van der Waals surface area contributed by atoms with Crippen molar-refractivity contribution in [2.75, 3.05) is 6.61 Å². The zero-order chi connectivity index (χ0) is 8.97. The number of nitrogens with zero attached hydrogens (tertiary/aromatic N) is 3. The SMILES string of the molecule is CC(C)[C@H]1C[C@@H](N=[N+]=[N-])CCO1. The van der Waals surface area contributed by atoms with E-state index < -0.39 is 0 Å². The predicted molar refractivity (Wildman–Crippen MR) is 46.7 cm³/mol. The molecule has 68 valence electrons. The molecule has 0 spiro atoms. The average Bonchev–Trinajstić information content (AvgIpc) is 2.05. The van der Waals surface area contributed by atoms with Crippen molar-refractivity contribution >= 4 is 0 Å². The summed E-state index contributed by atoms with van der Waals surface area (Å²) in [6.07, 6.45) is 2.02. The smallest absolute Gasteiger partial charge is 0.0602 e. The maximum atomic E-state index is 8.26. The Kier molecular flexibility index (Phi) is 3.38. The molecule has 1 rings (SSSR count). The Morgan fingerprint density at radius 1 is 1.58 bits per heavy atom. The molecule has 12 heavy (non-hydrogen) atoms. The molecule has 0 aromatic heterocycles. The average molecular weight is 169 g/mol. The molecule has 0 amide bonds. The molecule has 0 bridgehead atoms. The van der Waals surface area contributed by atoms with E-state index in [1.807, 2.05) is 0 Å². The minimum Gasteiger partial charge on any atom is -0.378 e. The van der Waals surface area contributed by atoms with E-state index in [-0.39, 0.29) is 12.1 Å². The Balaban J connectivity index is 2.45. The highest BCUT2D eigenvalue weighted by Crippen LogP contribution is 2.22. The summed E-state index contributed by atoms with van der Waals surface area (Å²) in [5.74, 6) is 0.515. The molecule has 1 saturated heterocycles. The van der Waals surface area contributed by atoms with E-state index in [9.17, 15) is 0 Å². The van der Waals surface area contributed by atoms with Gasteiger partial charge in [0.25, 0.3) is 0 Å². The normalized spacial score (nSPS) is 29.9. The van der Waals surface area contributed by atoms with Gasteiger partial charge in [0.2, 0.25) is 0 Å². The van der Waals surface area contributed by atoms with Gasteiger partial charge in [-0.2, -0.15) is 0 Å². The van der Waals surface area contributed by atoms with E-state index >= 15 is 0 Å². The third-order valence-electron chi connectivity index (χ3n) is 2.25. The van der Waals surface area contributed by atoms with Gasteiger partial charge in [-0.3, -0.25) is 0 Å². The van der Waals surface area contributed by atoms with Crippen LogP contribution in [0.25, 0.3) is 10.4 Å². The number of azide groups is 1. The first-order valence-electron chi connectivity index (χ1n) is 4.40. The summed E-state index contributed by atoms with van der Waals surface area (Å²) in [5.41, 5.74) is 8.26. The van der Waals surface area contributed by atoms with E-state index in [1.54, 1.807) is 0 Å². The second kappa shape index (κ2) is 4.33. The zero-order valence-electron chi connectivity index (χ0n) is 7.60. The summed E-state index contributed by atoms with van der Waals surface area (Å²) >= 11 is 0. The van der Waals surface area contributed by atoms with Gasteiger partial charge in [-0.1, -0.05) is 19.0 Å². The van der Waals surface area contributed by atoms with Gasteiger partial charge < -0.3 is 4.74 Å². The van der Waals surface area contributed by atoms with Crippen molar-refractivity contribution < 1.29 is 4.74 Å². The van der Waals surface area contributed by atoms with Crippen molar-refractivity contribution in [2.24, 2.45) is 11.0 Å². The standard InChI is InChI=1S/C8H15N3O/c1-6(2)8-5-7(10-11-9)3-4-12-8/h6-8H,3-5H2,1-2H3/t7-,8+/m0/s1. The third kappa shape index (κ3) is 2.40. The summed E-state index contributed by atoms with van der Waals surface area (Å²) in [4.78, 5) is 2.82. The topological polar surface area (TPSA) is 58.0 Å². The van der Waals surface area contributed by atoms with Crippen LogP contribution in [0.4, 0.5) is 0 Å². The maximum Gasteiger partial charge on any atom is 0.0602 e. The molecule has 0 unspecified atom stereocenters. The number of hydrogen-bond acceptors (Lipinski definition) is 2. The van der Waals surface area contributed by atoms with E-state index in [2.05, 4.69) is 23.9 Å². The van der Waals surface area contributed by atoms with Crippen LogP contribution in [0.3, 0.4) is 0 Å². The number of hydrogen-bond donors (Lipinski definition) is 0. The number of ether oxygens (including phenoxy) is 1. The van der Waals surface area contributed by atoms with Crippen molar-refractivity contribution in [2.45, 2.75) is 38.8 Å². The molecular formula is C8H15N3O. The Labute approximate surface area is 72.5 Å². The summed E-state index contributed by atoms with van der Waals surface area (Å²) in [5, 5.41) is 3.72. The predicted octanol–water partition coefficient (Wildman–Crippen LogP) is 2.50. The van der Waals surface area contributed by atoms with E-state index in [1.165, 1.54) is 0 Å². The van der Waals surface area contributed by atoms with Crippen LogP contribution in [0, 0.1) is 5.92 Å². The van der Waals surface area contributed by atoms with Gasteiger partial charge in [0.1, 0.15) is 0 Å². The highest BCUT2D eigenvalue weighted by atomic mass is 16.5. The minimum atomic E-state index is 0.149. The van der Waals surface area contributed by atoms with Crippen LogP contribution in [-0.2, 0) is 4.74 Å². The molecule has 1 fully saturated rings. The third-order valence-corrected chi connectivity index (χ3v) is 2.25. The molecule has 0 aromatic rings. The Bertz CT molecular complexity index is 187. The quantitative estimate of drug-likeness (QED) is 0.356. The fourth-order valence-electron chi connectivity index (χ4n) is 1.45. The lowest BCUT2D eigenvalue weighted by Gasteiger charge is -2.29. The highest BCUT2D eigenvalue weighted by molar-refractivity contribution is 4.78. The van der Waals surface area contributed by atoms with Crippen molar-refractivity contribution in [3.63, 3.8) is 0 Å². The second-order valence-corrected chi connectivity index (χ2v) is 3.54. The van der Waals surface area contributed by atoms with Gasteiger partial charge in [-0.15, -0.1) is 0 Å². The van der Waals surface area contributed by atoms with Crippen molar-refractivity contribution in [3.05, 3.63) is 10.4 Å². The summed E-state index contributed by atoms with van der Waals surface area (Å²) in [6, 6.07) is 0.149. The molecule has 1 heterocycles. The molecule has 2 atom stereocenters. The second-order valence-electron chi connectivity index (χ2n) is 3.54. The molecule has 1 aliphatic heterocycles. The fraction of sp³-hybridized carbons (Fsp3) is 1.00. The van der Waals surface area contributed by atoms with E-state index in [0.29, 0.717) is 5.92 Å². The first-order chi connectivity index (χ1) is 5.74. The first-order valence-corrected chi connectivity index (χ1v) is 4.40. The number of rotatable bonds is 2. The highest BCUT2D eigenvalue weighted by Gasteiger charge is 2.23. The molecule has 4 nitrogen and oxygen atoms in total. The molecule has 1 aliphatic rings. The monoisotopic (exact) mass is 169 g/mol. The first kappa shape index (κ1) is 9.36. The molecule has 0 N–H and O–H groups in total. The van der Waals surface area contributed by atoms with Crippen LogP contribution in [0.5, 0.6) is 0 Å². The van der Waals surface area contributed by atoms with Gasteiger partial charge in [0.15, 0.2) is 0 Å². The van der Waals surface area contributed by atoms with Gasteiger partial charge >= 0.3 is 0 Å². The van der Waals surface area contributed by atoms with E-state index in [0.717, 1.165) is 19.4 Å². The van der Waals surface area contributed by atoms with Gasteiger partial charge in [-0.05, 0) is 24.3 Å². The van der Waals surface area contributed by atoms with Crippen LogP contribution in [0.1, 0.15) is 26.7 Å². The Hall–Kier alpha value is -0.730. The van der Waals surface area contributed by atoms with Crippen molar-refractivity contribution in [1.29, 1.82) is 0 Å².